The fourth-order valence-corrected chi connectivity index (χ4v) is 3.07. The predicted molar refractivity (Wildman–Crippen MR) is 112 cm³/mol. The van der Waals surface area contributed by atoms with Crippen LogP contribution in [0.25, 0.3) is 0 Å². The minimum absolute atomic E-state index is 0.0195. The molecule has 0 fully saturated rings. The van der Waals surface area contributed by atoms with Crippen molar-refractivity contribution in [3.8, 4) is 5.75 Å². The van der Waals surface area contributed by atoms with Gasteiger partial charge in [0.05, 0.1) is 11.8 Å². The van der Waals surface area contributed by atoms with Crippen molar-refractivity contribution in [3.05, 3.63) is 64.7 Å². The van der Waals surface area contributed by atoms with Crippen LogP contribution in [0.2, 0.25) is 5.02 Å². The molecule has 164 valence electrons. The van der Waals surface area contributed by atoms with Gasteiger partial charge in [-0.2, -0.15) is 18.3 Å². The molecule has 0 aromatic heterocycles. The van der Waals surface area contributed by atoms with Crippen LogP contribution in [0.1, 0.15) is 25.0 Å². The average molecular weight is 453 g/mol. The van der Waals surface area contributed by atoms with Crippen molar-refractivity contribution in [1.82, 2.24) is 10.3 Å². The van der Waals surface area contributed by atoms with Gasteiger partial charge in [-0.25, -0.2) is 10.4 Å². The smallest absolute Gasteiger partial charge is 0.416 e. The van der Waals surface area contributed by atoms with E-state index in [1.54, 1.807) is 29.2 Å². The van der Waals surface area contributed by atoms with Crippen LogP contribution in [0.4, 0.5) is 13.2 Å². The predicted octanol–water partition coefficient (Wildman–Crippen LogP) is 4.45. The molecule has 1 atom stereocenters. The van der Waals surface area contributed by atoms with Crippen LogP contribution in [0, 0.1) is 0 Å². The molecule has 1 amide bonds. The third-order valence-corrected chi connectivity index (χ3v) is 4.88. The van der Waals surface area contributed by atoms with Gasteiger partial charge in [0.25, 0.3) is 5.91 Å². The summed E-state index contributed by atoms with van der Waals surface area (Å²) < 4.78 is 45.7. The van der Waals surface area contributed by atoms with Crippen molar-refractivity contribution in [3.63, 3.8) is 0 Å². The lowest BCUT2D eigenvalue weighted by Gasteiger charge is -2.33. The van der Waals surface area contributed by atoms with Gasteiger partial charge < -0.3 is 9.64 Å². The Bertz CT molecular complexity index is 1000. The van der Waals surface area contributed by atoms with Crippen molar-refractivity contribution in [2.45, 2.75) is 25.9 Å². The van der Waals surface area contributed by atoms with Crippen LogP contribution in [-0.2, 0) is 16.8 Å². The van der Waals surface area contributed by atoms with Gasteiger partial charge in [-0.15, -0.1) is 0 Å². The highest BCUT2D eigenvalue weighted by atomic mass is 35.5. The summed E-state index contributed by atoms with van der Waals surface area (Å²) in [7, 11) is 0. The summed E-state index contributed by atoms with van der Waals surface area (Å²) in [6.07, 6.45) is -3.35. The molecule has 1 N–H and O–H groups in total. The quantitative estimate of drug-likeness (QED) is 0.704. The maximum absolute atomic E-state index is 13.3. The molecule has 0 bridgehead atoms. The number of hydrazone groups is 1. The third-order valence-electron chi connectivity index (χ3n) is 4.63. The Morgan fingerprint density at radius 3 is 2.39 bits per heavy atom. The lowest BCUT2D eigenvalue weighted by molar-refractivity contribution is -0.137. The molecule has 0 unspecified atom stereocenters. The summed E-state index contributed by atoms with van der Waals surface area (Å²) in [6, 6.07) is 10.8. The molecular formula is C21H20ClF3N4O2. The molecule has 31 heavy (non-hydrogen) atoms. The highest BCUT2D eigenvalue weighted by Gasteiger charge is 2.40. The molecule has 6 nitrogen and oxygen atoms in total. The first-order valence-electron chi connectivity index (χ1n) is 9.50. The van der Waals surface area contributed by atoms with Crippen molar-refractivity contribution >= 4 is 29.4 Å². The van der Waals surface area contributed by atoms with Crippen molar-refractivity contribution in [2.24, 2.45) is 10.1 Å². The first-order chi connectivity index (χ1) is 14.7. The molecule has 1 heterocycles. The molecule has 2 aromatic rings. The second-order valence-electron chi connectivity index (χ2n) is 6.62. The van der Waals surface area contributed by atoms with E-state index in [9.17, 15) is 18.0 Å². The third kappa shape index (κ3) is 4.99. The van der Waals surface area contributed by atoms with Crippen LogP contribution < -0.4 is 10.2 Å². The number of ether oxygens (including phenoxy) is 1. The summed E-state index contributed by atoms with van der Waals surface area (Å²) in [4.78, 5) is 18.4. The largest absolute Gasteiger partial charge is 0.443 e. The van der Waals surface area contributed by atoms with E-state index >= 15 is 0 Å². The zero-order valence-corrected chi connectivity index (χ0v) is 17.5. The minimum Gasteiger partial charge on any atom is -0.443 e. The van der Waals surface area contributed by atoms with E-state index < -0.39 is 17.6 Å². The van der Waals surface area contributed by atoms with Crippen LogP contribution in [-0.4, -0.2) is 35.8 Å². The topological polar surface area (TPSA) is 66.3 Å². The number of halogens is 4. The summed E-state index contributed by atoms with van der Waals surface area (Å²) in [5.41, 5.74) is 1.86. The standard InChI is InChI=1S/C21H20ClF3N4O2/c1-3-29(4-2)19(30)18-13-26-21(28-27-18,31-17-10-8-16(22)9-11-17)15-7-5-6-14(12-15)20(23,24)25/h5-13,28H,3-4H2,1-2H3/t21-/m0/s1. The van der Waals surface area contributed by atoms with Crippen LogP contribution in [0.5, 0.6) is 5.75 Å². The maximum Gasteiger partial charge on any atom is 0.416 e. The number of nitrogens with one attached hydrogen (secondary N) is 1. The number of hydrogen-bond acceptors (Lipinski definition) is 5. The first kappa shape index (κ1) is 22.6. The number of nitrogens with zero attached hydrogens (tertiary/aromatic N) is 3. The molecule has 10 heteroatoms. The lowest BCUT2D eigenvalue weighted by atomic mass is 10.1. The van der Waals surface area contributed by atoms with Gasteiger partial charge in [-0.1, -0.05) is 23.7 Å². The first-order valence-corrected chi connectivity index (χ1v) is 9.88. The second-order valence-corrected chi connectivity index (χ2v) is 7.06. The van der Waals surface area contributed by atoms with Crippen molar-refractivity contribution in [1.29, 1.82) is 0 Å². The van der Waals surface area contributed by atoms with Crippen LogP contribution in [0.15, 0.2) is 58.6 Å². The Morgan fingerprint density at radius 1 is 1.16 bits per heavy atom. The highest BCUT2D eigenvalue weighted by molar-refractivity contribution is 6.60. The molecule has 0 saturated carbocycles. The van der Waals surface area contributed by atoms with Gasteiger partial charge in [-0.05, 0) is 50.2 Å². The monoisotopic (exact) mass is 452 g/mol. The molecule has 3 rings (SSSR count). The molecule has 1 aliphatic rings. The van der Waals surface area contributed by atoms with Gasteiger partial charge in [0.2, 0.25) is 0 Å². The number of amides is 1. The van der Waals surface area contributed by atoms with E-state index in [4.69, 9.17) is 16.3 Å². The molecule has 0 spiro atoms. The Labute approximate surface area is 182 Å². The summed E-state index contributed by atoms with van der Waals surface area (Å²) in [6.45, 7) is 4.60. The number of carbonyl (C=O) groups is 1. The molecule has 0 radical (unpaired) electrons. The van der Waals surface area contributed by atoms with E-state index in [0.29, 0.717) is 23.9 Å². The van der Waals surface area contributed by atoms with E-state index in [0.717, 1.165) is 12.1 Å². The number of hydrogen-bond donors (Lipinski definition) is 1. The fraction of sp³-hybridized carbons (Fsp3) is 0.286. The van der Waals surface area contributed by atoms with Crippen LogP contribution in [0.3, 0.4) is 0 Å². The zero-order chi connectivity index (χ0) is 22.6. The Kier molecular flexibility index (Phi) is 6.54. The van der Waals surface area contributed by atoms with Gasteiger partial charge in [0, 0.05) is 23.7 Å². The number of benzene rings is 2. The van der Waals surface area contributed by atoms with Gasteiger partial charge in [0.15, 0.2) is 5.71 Å². The second kappa shape index (κ2) is 8.97. The van der Waals surface area contributed by atoms with Gasteiger partial charge >= 0.3 is 12.0 Å². The molecular weight excluding hydrogens is 433 g/mol. The number of carbonyl (C=O) groups excluding carboxylic acids is 1. The van der Waals surface area contributed by atoms with E-state index in [1.807, 2.05) is 13.8 Å². The molecule has 2 aromatic carbocycles. The van der Waals surface area contributed by atoms with Gasteiger partial charge in [0.1, 0.15) is 5.75 Å². The maximum atomic E-state index is 13.3. The molecule has 0 saturated heterocycles. The molecule has 1 aliphatic heterocycles. The highest BCUT2D eigenvalue weighted by Crippen LogP contribution is 2.34. The lowest BCUT2D eigenvalue weighted by Crippen LogP contribution is -2.49. The zero-order valence-electron chi connectivity index (χ0n) is 16.8. The molecule has 0 aliphatic carbocycles. The summed E-state index contributed by atoms with van der Waals surface area (Å²) in [5, 5.41) is 4.54. The Morgan fingerprint density at radius 2 is 1.84 bits per heavy atom. The normalized spacial score (nSPS) is 18.2. The number of rotatable bonds is 6. The van der Waals surface area contributed by atoms with Crippen molar-refractivity contribution < 1.29 is 22.7 Å². The Balaban J connectivity index is 2.01. The average Bonchev–Trinajstić information content (AvgIpc) is 2.76. The number of aliphatic imine (C=N–C) groups is 1. The van der Waals surface area contributed by atoms with E-state index in [2.05, 4.69) is 15.5 Å². The Hall–Kier alpha value is -3.07. The van der Waals surface area contributed by atoms with E-state index in [-0.39, 0.29) is 17.2 Å². The van der Waals surface area contributed by atoms with Crippen molar-refractivity contribution in [2.75, 3.05) is 13.1 Å². The van der Waals surface area contributed by atoms with Crippen LogP contribution >= 0.6 is 11.6 Å². The SMILES string of the molecule is CCN(CC)C(=O)C1=NN[C@](Oc2ccc(Cl)cc2)(c2cccc(C(F)(F)F)c2)N=C1. The minimum atomic E-state index is -4.55. The van der Waals surface area contributed by atoms with E-state index in [1.165, 1.54) is 18.3 Å². The summed E-state index contributed by atoms with van der Waals surface area (Å²) >= 11 is 5.90. The number of alkyl halides is 3. The fourth-order valence-electron chi connectivity index (χ4n) is 2.95. The summed E-state index contributed by atoms with van der Waals surface area (Å²) in [5.74, 6) is -1.87. The van der Waals surface area contributed by atoms with Gasteiger partial charge in [-0.3, -0.25) is 4.79 Å².